The summed E-state index contributed by atoms with van der Waals surface area (Å²) in [6, 6.07) is 4.10. The summed E-state index contributed by atoms with van der Waals surface area (Å²) in [7, 11) is 0. The molecule has 0 aliphatic rings. The van der Waals surface area contributed by atoms with Crippen molar-refractivity contribution in [3.8, 4) is 10.6 Å². The molecule has 0 fully saturated rings. The fourth-order valence-electron chi connectivity index (χ4n) is 1.000. The summed E-state index contributed by atoms with van der Waals surface area (Å²) in [6.45, 7) is 0. The van der Waals surface area contributed by atoms with Crippen LogP contribution >= 0.6 is 24.0 Å². The number of thiol groups is 1. The average molecular weight is 196 g/mol. The number of rotatable bonds is 2. The maximum absolute atomic E-state index is 4.17. The molecule has 0 unspecified atom stereocenters. The first-order valence-electron chi connectivity index (χ1n) is 3.59. The van der Waals surface area contributed by atoms with E-state index in [9.17, 15) is 0 Å². The van der Waals surface area contributed by atoms with Gasteiger partial charge in [-0.2, -0.15) is 12.6 Å². The summed E-state index contributed by atoms with van der Waals surface area (Å²) >= 11 is 5.83. The molecule has 0 aliphatic heterocycles. The van der Waals surface area contributed by atoms with Gasteiger partial charge in [-0.25, -0.2) is 4.98 Å². The number of aromatic amines is 1. The number of H-pyrrole nitrogens is 1. The van der Waals surface area contributed by atoms with Crippen LogP contribution in [0.15, 0.2) is 23.7 Å². The molecule has 2 aromatic heterocycles. The minimum atomic E-state index is 0.658. The quantitative estimate of drug-likeness (QED) is 0.710. The van der Waals surface area contributed by atoms with Gasteiger partial charge in [0.2, 0.25) is 0 Å². The van der Waals surface area contributed by atoms with Crippen molar-refractivity contribution in [1.29, 1.82) is 0 Å². The molecule has 0 radical (unpaired) electrons. The van der Waals surface area contributed by atoms with Crippen molar-refractivity contribution in [2.75, 3.05) is 0 Å². The average Bonchev–Trinajstić information content (AvgIpc) is 2.75. The van der Waals surface area contributed by atoms with Crippen molar-refractivity contribution in [1.82, 2.24) is 9.97 Å². The Labute approximate surface area is 80.1 Å². The number of imidazole rings is 1. The Bertz CT molecular complexity index is 351. The first-order chi connectivity index (χ1) is 5.90. The number of hydrogen-bond acceptors (Lipinski definition) is 3. The van der Waals surface area contributed by atoms with E-state index in [0.29, 0.717) is 5.75 Å². The Kier molecular flexibility index (Phi) is 2.19. The zero-order chi connectivity index (χ0) is 8.39. The van der Waals surface area contributed by atoms with Crippen molar-refractivity contribution >= 4 is 24.0 Å². The lowest BCUT2D eigenvalue weighted by Gasteiger charge is -1.88. The molecule has 2 aromatic rings. The van der Waals surface area contributed by atoms with Crippen LogP contribution < -0.4 is 0 Å². The molecule has 0 saturated heterocycles. The molecule has 2 nitrogen and oxygen atoms in total. The Balaban J connectivity index is 2.35. The van der Waals surface area contributed by atoms with Gasteiger partial charge in [-0.3, -0.25) is 0 Å². The normalized spacial score (nSPS) is 10.4. The number of nitrogens with zero attached hydrogens (tertiary/aromatic N) is 1. The van der Waals surface area contributed by atoms with Crippen molar-refractivity contribution < 1.29 is 0 Å². The number of nitrogens with one attached hydrogen (secondary N) is 1. The Morgan fingerprint density at radius 1 is 1.58 bits per heavy atom. The molecule has 62 valence electrons. The Morgan fingerprint density at radius 3 is 3.08 bits per heavy atom. The van der Waals surface area contributed by atoms with Gasteiger partial charge in [-0.05, 0) is 11.4 Å². The molecule has 0 atom stereocenters. The molecule has 1 N–H and O–H groups in total. The minimum Gasteiger partial charge on any atom is -0.341 e. The van der Waals surface area contributed by atoms with Crippen LogP contribution in [0.2, 0.25) is 0 Å². The van der Waals surface area contributed by atoms with Gasteiger partial charge >= 0.3 is 0 Å². The van der Waals surface area contributed by atoms with Crippen molar-refractivity contribution in [2.45, 2.75) is 5.75 Å². The fraction of sp³-hybridized carbons (Fsp3) is 0.125. The Morgan fingerprint density at radius 2 is 2.50 bits per heavy atom. The van der Waals surface area contributed by atoms with Crippen LogP contribution in [0.5, 0.6) is 0 Å². The summed E-state index contributed by atoms with van der Waals surface area (Å²) < 4.78 is 0. The molecule has 2 heterocycles. The van der Waals surface area contributed by atoms with E-state index >= 15 is 0 Å². The molecular formula is C8H8N2S2. The van der Waals surface area contributed by atoms with E-state index in [4.69, 9.17) is 0 Å². The lowest BCUT2D eigenvalue weighted by Crippen LogP contribution is -1.78. The zero-order valence-electron chi connectivity index (χ0n) is 6.32. The summed E-state index contributed by atoms with van der Waals surface area (Å²) in [5, 5.41) is 2.05. The number of hydrogen-bond donors (Lipinski definition) is 2. The van der Waals surface area contributed by atoms with E-state index in [1.54, 1.807) is 11.3 Å². The van der Waals surface area contributed by atoms with Gasteiger partial charge in [-0.15, -0.1) is 11.3 Å². The van der Waals surface area contributed by atoms with Crippen molar-refractivity contribution in [3.63, 3.8) is 0 Å². The fourth-order valence-corrected chi connectivity index (χ4v) is 1.85. The van der Waals surface area contributed by atoms with Gasteiger partial charge in [0.25, 0.3) is 0 Å². The zero-order valence-corrected chi connectivity index (χ0v) is 8.03. The highest BCUT2D eigenvalue weighted by Gasteiger charge is 2.01. The van der Waals surface area contributed by atoms with E-state index in [-0.39, 0.29) is 0 Å². The third-order valence-electron chi connectivity index (χ3n) is 1.56. The van der Waals surface area contributed by atoms with Crippen molar-refractivity contribution in [2.24, 2.45) is 0 Å². The Hall–Kier alpha value is -0.740. The van der Waals surface area contributed by atoms with Crippen LogP contribution in [-0.4, -0.2) is 9.97 Å². The second-order valence-electron chi connectivity index (χ2n) is 2.38. The van der Waals surface area contributed by atoms with Crippen molar-refractivity contribution in [3.05, 3.63) is 29.5 Å². The van der Waals surface area contributed by atoms with Crippen LogP contribution in [0.1, 0.15) is 5.82 Å². The second kappa shape index (κ2) is 3.33. The predicted octanol–water partition coefficient (Wildman–Crippen LogP) is 2.57. The highest BCUT2D eigenvalue weighted by Crippen LogP contribution is 2.22. The smallest absolute Gasteiger partial charge is 0.116 e. The highest BCUT2D eigenvalue weighted by atomic mass is 32.1. The van der Waals surface area contributed by atoms with Crippen LogP contribution in [0.4, 0.5) is 0 Å². The third-order valence-corrected chi connectivity index (χ3v) is 2.77. The molecule has 2 rings (SSSR count). The third kappa shape index (κ3) is 1.40. The van der Waals surface area contributed by atoms with E-state index in [2.05, 4.69) is 34.0 Å². The van der Waals surface area contributed by atoms with Gasteiger partial charge in [-0.1, -0.05) is 6.07 Å². The molecule has 0 saturated carbocycles. The molecule has 12 heavy (non-hydrogen) atoms. The summed E-state index contributed by atoms with van der Waals surface area (Å²) in [4.78, 5) is 8.57. The predicted molar refractivity (Wildman–Crippen MR) is 54.6 cm³/mol. The minimum absolute atomic E-state index is 0.658. The maximum atomic E-state index is 4.17. The molecular weight excluding hydrogens is 188 g/mol. The lowest BCUT2D eigenvalue weighted by molar-refractivity contribution is 1.13. The summed E-state index contributed by atoms with van der Waals surface area (Å²) in [5.74, 6) is 1.58. The maximum Gasteiger partial charge on any atom is 0.116 e. The van der Waals surface area contributed by atoms with Crippen LogP contribution in [0.3, 0.4) is 0 Å². The van der Waals surface area contributed by atoms with E-state index < -0.39 is 0 Å². The second-order valence-corrected chi connectivity index (χ2v) is 3.64. The van der Waals surface area contributed by atoms with E-state index in [1.807, 2.05) is 12.3 Å². The van der Waals surface area contributed by atoms with E-state index in [0.717, 1.165) is 11.5 Å². The first-order valence-corrected chi connectivity index (χ1v) is 5.10. The monoisotopic (exact) mass is 196 g/mol. The van der Waals surface area contributed by atoms with Gasteiger partial charge in [0, 0.05) is 5.75 Å². The summed E-state index contributed by atoms with van der Waals surface area (Å²) in [5.41, 5.74) is 1.08. The van der Waals surface area contributed by atoms with E-state index in [1.165, 1.54) is 4.88 Å². The topological polar surface area (TPSA) is 28.7 Å². The lowest BCUT2D eigenvalue weighted by atomic mass is 10.4. The van der Waals surface area contributed by atoms with Crippen LogP contribution in [0.25, 0.3) is 10.6 Å². The number of aromatic nitrogens is 2. The van der Waals surface area contributed by atoms with Gasteiger partial charge in [0.05, 0.1) is 16.8 Å². The standard InChI is InChI=1S/C8H8N2S2/c11-5-8-9-4-6(10-8)7-2-1-3-12-7/h1-4,11H,5H2,(H,9,10). The van der Waals surface area contributed by atoms with Gasteiger partial charge < -0.3 is 4.98 Å². The largest absolute Gasteiger partial charge is 0.341 e. The van der Waals surface area contributed by atoms with Crippen LogP contribution in [-0.2, 0) is 5.75 Å². The molecule has 0 bridgehead atoms. The molecule has 0 spiro atoms. The molecule has 0 aromatic carbocycles. The SMILES string of the molecule is SCc1ncc(-c2cccs2)[nH]1. The molecule has 0 aliphatic carbocycles. The molecule has 4 heteroatoms. The first kappa shape index (κ1) is 7.89. The summed E-state index contributed by atoms with van der Waals surface area (Å²) in [6.07, 6.45) is 1.84. The van der Waals surface area contributed by atoms with Gasteiger partial charge in [0.1, 0.15) is 5.82 Å². The highest BCUT2D eigenvalue weighted by molar-refractivity contribution is 7.79. The van der Waals surface area contributed by atoms with Gasteiger partial charge in [0.15, 0.2) is 0 Å². The van der Waals surface area contributed by atoms with Crippen LogP contribution in [0, 0.1) is 0 Å². The molecule has 0 amide bonds. The number of thiophene rings is 1.